The highest BCUT2D eigenvalue weighted by molar-refractivity contribution is 5.67. The van der Waals surface area contributed by atoms with E-state index in [1.807, 2.05) is 20.8 Å². The second kappa shape index (κ2) is 40.4. The highest BCUT2D eigenvalue weighted by Gasteiger charge is 2.19. The summed E-state index contributed by atoms with van der Waals surface area (Å²) >= 11 is 0. The molecule has 0 aromatic rings. The summed E-state index contributed by atoms with van der Waals surface area (Å²) in [6.45, 7) is 23.7. The Labute approximate surface area is 319 Å². The van der Waals surface area contributed by atoms with Crippen molar-refractivity contribution in [3.8, 4) is 0 Å². The molecule has 1 amide bonds. The summed E-state index contributed by atoms with van der Waals surface area (Å²) in [7, 11) is 1.68. The van der Waals surface area contributed by atoms with Gasteiger partial charge in [0.2, 0.25) is 0 Å². The maximum atomic E-state index is 11.9. The van der Waals surface area contributed by atoms with E-state index in [9.17, 15) is 4.79 Å². The Bertz CT molecular complexity index is 748. The normalized spacial score (nSPS) is 12.4. The van der Waals surface area contributed by atoms with Crippen LogP contribution in [0, 0.1) is 5.92 Å². The second-order valence-corrected chi connectivity index (χ2v) is 12.8. The summed E-state index contributed by atoms with van der Waals surface area (Å²) in [5, 5.41) is 0. The van der Waals surface area contributed by atoms with E-state index in [2.05, 4.69) is 13.8 Å². The van der Waals surface area contributed by atoms with Gasteiger partial charge in [-0.2, -0.15) is 0 Å². The SMILES string of the molecule is CCC(C)COCCOCCOCCOCCOCCOCCOCCOCCOCCOCCOCCOCCOCCN(C)C(=O)OC(C)(C)C. The lowest BCUT2D eigenvalue weighted by molar-refractivity contribution is -0.0293. The first kappa shape index (κ1) is 51.8. The Morgan fingerprint density at radius 1 is 0.434 bits per heavy atom. The van der Waals surface area contributed by atoms with E-state index in [1.165, 1.54) is 4.90 Å². The van der Waals surface area contributed by atoms with Crippen molar-refractivity contribution in [3.05, 3.63) is 0 Å². The molecule has 0 fully saturated rings. The van der Waals surface area contributed by atoms with Crippen molar-refractivity contribution in [3.63, 3.8) is 0 Å². The Morgan fingerprint density at radius 3 is 0.887 bits per heavy atom. The van der Waals surface area contributed by atoms with E-state index in [0.717, 1.165) is 13.0 Å². The van der Waals surface area contributed by atoms with Gasteiger partial charge in [-0.3, -0.25) is 0 Å². The van der Waals surface area contributed by atoms with Gasteiger partial charge in [-0.25, -0.2) is 4.79 Å². The minimum atomic E-state index is -0.512. The second-order valence-electron chi connectivity index (χ2n) is 12.8. The third-order valence-electron chi connectivity index (χ3n) is 6.84. The monoisotopic (exact) mass is 774 g/mol. The van der Waals surface area contributed by atoms with E-state index in [-0.39, 0.29) is 6.09 Å². The van der Waals surface area contributed by atoms with Crippen molar-refractivity contribution in [1.82, 2.24) is 4.90 Å². The van der Waals surface area contributed by atoms with Crippen LogP contribution in [0.1, 0.15) is 41.0 Å². The fourth-order valence-corrected chi connectivity index (χ4v) is 3.67. The largest absolute Gasteiger partial charge is 0.444 e. The minimum absolute atomic E-state index is 0.365. The van der Waals surface area contributed by atoms with Crippen LogP contribution in [0.15, 0.2) is 0 Å². The highest BCUT2D eigenvalue weighted by Crippen LogP contribution is 2.08. The van der Waals surface area contributed by atoms with Gasteiger partial charge >= 0.3 is 6.09 Å². The standard InChI is InChI=1S/C37H75NO15/c1-7-35(2)34-52-33-32-51-31-30-50-29-28-49-27-26-48-25-24-47-23-22-46-21-20-45-19-18-44-17-16-43-15-14-42-13-12-41-11-10-40-9-8-38(6)36(39)53-37(3,4)5/h35H,7-34H2,1-6H3. The molecule has 16 heteroatoms. The molecule has 0 radical (unpaired) electrons. The summed E-state index contributed by atoms with van der Waals surface area (Å²) in [5.41, 5.74) is -0.512. The van der Waals surface area contributed by atoms with E-state index in [4.69, 9.17) is 66.3 Å². The van der Waals surface area contributed by atoms with Gasteiger partial charge in [-0.15, -0.1) is 0 Å². The van der Waals surface area contributed by atoms with Crippen LogP contribution in [-0.4, -0.2) is 202 Å². The fourth-order valence-electron chi connectivity index (χ4n) is 3.67. The van der Waals surface area contributed by atoms with Crippen molar-refractivity contribution >= 4 is 6.09 Å². The van der Waals surface area contributed by atoms with Crippen molar-refractivity contribution in [1.29, 1.82) is 0 Å². The smallest absolute Gasteiger partial charge is 0.410 e. The van der Waals surface area contributed by atoms with Crippen molar-refractivity contribution < 1.29 is 71.1 Å². The van der Waals surface area contributed by atoms with Crippen LogP contribution in [0.4, 0.5) is 4.79 Å². The fraction of sp³-hybridized carbons (Fsp3) is 0.973. The number of rotatable bonds is 42. The van der Waals surface area contributed by atoms with E-state index in [1.54, 1.807) is 7.05 Å². The summed E-state index contributed by atoms with van der Waals surface area (Å²) < 4.78 is 76.7. The first-order chi connectivity index (χ1) is 25.8. The van der Waals surface area contributed by atoms with Crippen molar-refractivity contribution in [2.24, 2.45) is 5.92 Å². The Morgan fingerprint density at radius 2 is 0.660 bits per heavy atom. The molecule has 0 aliphatic carbocycles. The Kier molecular flexibility index (Phi) is 39.5. The molecule has 16 nitrogen and oxygen atoms in total. The molecule has 318 valence electrons. The maximum Gasteiger partial charge on any atom is 0.410 e. The number of amides is 1. The molecule has 0 N–H and O–H groups in total. The lowest BCUT2D eigenvalue weighted by Gasteiger charge is -2.24. The van der Waals surface area contributed by atoms with Crippen LogP contribution >= 0.6 is 0 Å². The molecule has 0 spiro atoms. The first-order valence-corrected chi connectivity index (χ1v) is 19.2. The first-order valence-electron chi connectivity index (χ1n) is 19.2. The zero-order valence-corrected chi connectivity index (χ0v) is 33.9. The quantitative estimate of drug-likeness (QED) is 0.0836. The molecule has 0 aliphatic rings. The lowest BCUT2D eigenvalue weighted by Crippen LogP contribution is -2.36. The van der Waals surface area contributed by atoms with E-state index in [0.29, 0.717) is 178 Å². The molecule has 1 unspecified atom stereocenters. The van der Waals surface area contributed by atoms with Gasteiger partial charge in [0.05, 0.1) is 165 Å². The summed E-state index contributed by atoms with van der Waals surface area (Å²) in [5.74, 6) is 0.592. The van der Waals surface area contributed by atoms with Gasteiger partial charge in [-0.05, 0) is 26.7 Å². The minimum Gasteiger partial charge on any atom is -0.444 e. The number of carbonyl (C=O) groups excluding carboxylic acids is 1. The summed E-state index contributed by atoms with van der Waals surface area (Å²) in [4.78, 5) is 13.4. The van der Waals surface area contributed by atoms with Crippen LogP contribution in [-0.2, 0) is 66.3 Å². The molecule has 0 aromatic heterocycles. The molecular weight excluding hydrogens is 698 g/mol. The Balaban J connectivity index is 3.13. The topological polar surface area (TPSA) is 150 Å². The lowest BCUT2D eigenvalue weighted by atomic mass is 10.1. The molecule has 0 saturated carbocycles. The van der Waals surface area contributed by atoms with Gasteiger partial charge in [-0.1, -0.05) is 20.3 Å². The average Bonchev–Trinajstić information content (AvgIpc) is 3.13. The molecule has 0 saturated heterocycles. The molecule has 53 heavy (non-hydrogen) atoms. The molecule has 0 aliphatic heterocycles. The van der Waals surface area contributed by atoms with Gasteiger partial charge in [0.25, 0.3) is 0 Å². The summed E-state index contributed by atoms with van der Waals surface area (Å²) in [6.07, 6.45) is 0.764. The van der Waals surface area contributed by atoms with Gasteiger partial charge in [0.15, 0.2) is 0 Å². The molecular formula is C37H75NO15. The predicted octanol–water partition coefficient (Wildman–Crippen LogP) is 3.12. The number of likely N-dealkylation sites (N-methyl/N-ethyl adjacent to an activating group) is 1. The average molecular weight is 774 g/mol. The van der Waals surface area contributed by atoms with Gasteiger partial charge in [0, 0.05) is 20.2 Å². The zero-order chi connectivity index (χ0) is 38.9. The van der Waals surface area contributed by atoms with E-state index < -0.39 is 5.60 Å². The van der Waals surface area contributed by atoms with Gasteiger partial charge in [0.1, 0.15) is 5.60 Å². The molecule has 0 heterocycles. The molecule has 1 atom stereocenters. The summed E-state index contributed by atoms with van der Waals surface area (Å²) in [6, 6.07) is 0. The molecule has 0 rings (SSSR count). The number of nitrogens with zero attached hydrogens (tertiary/aromatic N) is 1. The number of hydrogen-bond donors (Lipinski definition) is 0. The number of hydrogen-bond acceptors (Lipinski definition) is 15. The van der Waals surface area contributed by atoms with E-state index >= 15 is 0 Å². The van der Waals surface area contributed by atoms with Crippen LogP contribution < -0.4 is 0 Å². The molecule has 0 aromatic carbocycles. The zero-order valence-electron chi connectivity index (χ0n) is 33.9. The Hall–Kier alpha value is -1.25. The highest BCUT2D eigenvalue weighted by atomic mass is 16.6. The predicted molar refractivity (Wildman–Crippen MR) is 199 cm³/mol. The van der Waals surface area contributed by atoms with Gasteiger partial charge < -0.3 is 71.2 Å². The van der Waals surface area contributed by atoms with Crippen LogP contribution in [0.5, 0.6) is 0 Å². The van der Waals surface area contributed by atoms with Crippen LogP contribution in [0.3, 0.4) is 0 Å². The van der Waals surface area contributed by atoms with Crippen LogP contribution in [0.2, 0.25) is 0 Å². The number of ether oxygens (including phenoxy) is 14. The van der Waals surface area contributed by atoms with Crippen molar-refractivity contribution in [2.45, 2.75) is 46.6 Å². The number of carbonyl (C=O) groups is 1. The van der Waals surface area contributed by atoms with Crippen molar-refractivity contribution in [2.75, 3.05) is 185 Å². The maximum absolute atomic E-state index is 11.9. The third-order valence-corrected chi connectivity index (χ3v) is 6.84. The molecule has 0 bridgehead atoms. The van der Waals surface area contributed by atoms with Crippen LogP contribution in [0.25, 0.3) is 0 Å². The third kappa shape index (κ3) is 43.3.